The molecular weight excluding hydrogens is 478 g/mol. The van der Waals surface area contributed by atoms with Crippen LogP contribution in [0.5, 0.6) is 0 Å². The highest BCUT2D eigenvalue weighted by Crippen LogP contribution is 2.33. The third-order valence-electron chi connectivity index (χ3n) is 5.35. The third kappa shape index (κ3) is 9.89. The molecular formula is C20H26F6N2O6. The van der Waals surface area contributed by atoms with Crippen molar-refractivity contribution in [1.82, 2.24) is 9.80 Å². The first-order chi connectivity index (χ1) is 15.8. The summed E-state index contributed by atoms with van der Waals surface area (Å²) in [5.74, 6) is -2.79. The van der Waals surface area contributed by atoms with Crippen LogP contribution < -0.4 is 0 Å². The molecule has 3 heterocycles. The van der Waals surface area contributed by atoms with Crippen LogP contribution in [0.2, 0.25) is 0 Å². The van der Waals surface area contributed by atoms with Crippen molar-refractivity contribution < 1.29 is 55.3 Å². The lowest BCUT2D eigenvalue weighted by Gasteiger charge is -2.22. The predicted octanol–water partition coefficient (Wildman–Crippen LogP) is 3.09. The number of hydrogen-bond donors (Lipinski definition) is 2. The van der Waals surface area contributed by atoms with Crippen molar-refractivity contribution >= 4 is 11.9 Å². The van der Waals surface area contributed by atoms with Crippen LogP contribution in [0.15, 0.2) is 22.8 Å². The first-order valence-corrected chi connectivity index (χ1v) is 10.4. The molecule has 1 aromatic rings. The van der Waals surface area contributed by atoms with E-state index < -0.39 is 24.3 Å². The molecule has 14 heteroatoms. The lowest BCUT2D eigenvalue weighted by Crippen LogP contribution is -2.32. The molecule has 3 fully saturated rings. The summed E-state index contributed by atoms with van der Waals surface area (Å²) in [6.07, 6.45) is -5.07. The highest BCUT2D eigenvalue weighted by molar-refractivity contribution is 5.73. The van der Waals surface area contributed by atoms with E-state index >= 15 is 0 Å². The summed E-state index contributed by atoms with van der Waals surface area (Å²) in [6.45, 7) is 7.62. The van der Waals surface area contributed by atoms with E-state index in [4.69, 9.17) is 29.0 Å². The number of carboxylic acids is 2. The van der Waals surface area contributed by atoms with E-state index in [0.717, 1.165) is 44.5 Å². The fourth-order valence-electron chi connectivity index (χ4n) is 3.63. The van der Waals surface area contributed by atoms with E-state index in [9.17, 15) is 26.3 Å². The van der Waals surface area contributed by atoms with Crippen molar-refractivity contribution in [2.24, 2.45) is 11.8 Å². The number of ether oxygens (including phenoxy) is 1. The first kappa shape index (κ1) is 27.9. The maximum Gasteiger partial charge on any atom is 0.490 e. The molecule has 1 aliphatic carbocycles. The molecule has 1 aromatic heterocycles. The number of furan rings is 1. The summed E-state index contributed by atoms with van der Waals surface area (Å²) >= 11 is 0. The Morgan fingerprint density at radius 1 is 0.971 bits per heavy atom. The van der Waals surface area contributed by atoms with E-state index in [1.54, 1.807) is 6.26 Å². The maximum atomic E-state index is 10.6. The van der Waals surface area contributed by atoms with Crippen LogP contribution in [0.1, 0.15) is 18.6 Å². The monoisotopic (exact) mass is 504 g/mol. The Bertz CT molecular complexity index is 758. The van der Waals surface area contributed by atoms with Gasteiger partial charge in [0.15, 0.2) is 0 Å². The second-order valence-electron chi connectivity index (χ2n) is 8.25. The van der Waals surface area contributed by atoms with Crippen LogP contribution in [0.25, 0.3) is 0 Å². The average molecular weight is 504 g/mol. The highest BCUT2D eigenvalue weighted by atomic mass is 19.4. The highest BCUT2D eigenvalue weighted by Gasteiger charge is 2.39. The van der Waals surface area contributed by atoms with Gasteiger partial charge in [-0.05, 0) is 30.9 Å². The van der Waals surface area contributed by atoms with Crippen molar-refractivity contribution in [3.63, 3.8) is 0 Å². The number of halogens is 6. The predicted molar refractivity (Wildman–Crippen MR) is 104 cm³/mol. The molecule has 8 nitrogen and oxygen atoms in total. The van der Waals surface area contributed by atoms with Gasteiger partial charge in [-0.1, -0.05) is 0 Å². The number of carboxylic acid groups (broad SMARTS) is 2. The minimum absolute atomic E-state index is 0.454. The Balaban J connectivity index is 0.000000244. The number of likely N-dealkylation sites (tertiary alicyclic amines) is 1. The van der Waals surface area contributed by atoms with Crippen LogP contribution in [0, 0.1) is 11.8 Å². The summed E-state index contributed by atoms with van der Waals surface area (Å²) < 4.78 is 75.0. The molecule has 2 aliphatic heterocycles. The molecule has 2 atom stereocenters. The zero-order valence-electron chi connectivity index (χ0n) is 18.0. The van der Waals surface area contributed by atoms with Gasteiger partial charge in [-0.3, -0.25) is 4.90 Å². The van der Waals surface area contributed by atoms with Gasteiger partial charge in [0, 0.05) is 38.6 Å². The fourth-order valence-corrected chi connectivity index (χ4v) is 3.63. The van der Waals surface area contributed by atoms with Crippen molar-refractivity contribution in [2.75, 3.05) is 39.3 Å². The summed E-state index contributed by atoms with van der Waals surface area (Å²) in [7, 11) is 0. The first-order valence-electron chi connectivity index (χ1n) is 10.4. The molecule has 2 saturated heterocycles. The summed E-state index contributed by atoms with van der Waals surface area (Å²) in [5, 5.41) is 14.2. The Kier molecular flexibility index (Phi) is 9.76. The van der Waals surface area contributed by atoms with Crippen molar-refractivity contribution in [1.29, 1.82) is 0 Å². The number of carbonyl (C=O) groups is 2. The zero-order chi connectivity index (χ0) is 25.5. The van der Waals surface area contributed by atoms with Crippen LogP contribution in [0.3, 0.4) is 0 Å². The topological polar surface area (TPSA) is 103 Å². The molecule has 0 bridgehead atoms. The van der Waals surface area contributed by atoms with Gasteiger partial charge in [-0.25, -0.2) is 9.59 Å². The fraction of sp³-hybridized carbons (Fsp3) is 0.700. The van der Waals surface area contributed by atoms with Crippen molar-refractivity contribution in [3.05, 3.63) is 24.2 Å². The van der Waals surface area contributed by atoms with Gasteiger partial charge in [-0.2, -0.15) is 26.3 Å². The van der Waals surface area contributed by atoms with Gasteiger partial charge in [0.1, 0.15) is 5.76 Å². The minimum Gasteiger partial charge on any atom is -0.475 e. The summed E-state index contributed by atoms with van der Waals surface area (Å²) in [4.78, 5) is 22.9. The summed E-state index contributed by atoms with van der Waals surface area (Å²) in [5.41, 5.74) is 0. The molecule has 0 aromatic carbocycles. The smallest absolute Gasteiger partial charge is 0.475 e. The molecule has 34 heavy (non-hydrogen) atoms. The minimum atomic E-state index is -5.08. The number of nitrogens with zero attached hydrogens (tertiary/aromatic N) is 2. The zero-order valence-corrected chi connectivity index (χ0v) is 18.0. The number of alkyl halides is 6. The Morgan fingerprint density at radius 3 is 2.00 bits per heavy atom. The van der Waals surface area contributed by atoms with E-state index in [1.165, 1.54) is 25.9 Å². The van der Waals surface area contributed by atoms with Gasteiger partial charge in [0.25, 0.3) is 0 Å². The van der Waals surface area contributed by atoms with Crippen LogP contribution in [-0.4, -0.2) is 89.7 Å². The van der Waals surface area contributed by atoms with Gasteiger partial charge in [-0.15, -0.1) is 0 Å². The number of aliphatic carboxylic acids is 2. The maximum absolute atomic E-state index is 10.6. The molecule has 0 unspecified atom stereocenters. The average Bonchev–Trinajstić information content (AvgIpc) is 3.28. The van der Waals surface area contributed by atoms with E-state index in [1.807, 2.05) is 6.07 Å². The Morgan fingerprint density at radius 2 is 1.53 bits per heavy atom. The quantitative estimate of drug-likeness (QED) is 0.604. The van der Waals surface area contributed by atoms with E-state index in [2.05, 4.69) is 15.9 Å². The molecule has 3 aliphatic rings. The van der Waals surface area contributed by atoms with Crippen LogP contribution in [0.4, 0.5) is 26.3 Å². The lowest BCUT2D eigenvalue weighted by atomic mass is 10.1. The van der Waals surface area contributed by atoms with Crippen LogP contribution in [-0.2, 0) is 20.9 Å². The molecule has 194 valence electrons. The van der Waals surface area contributed by atoms with Gasteiger partial charge < -0.3 is 24.3 Å². The molecule has 2 N–H and O–H groups in total. The molecule has 0 amide bonds. The normalized spacial score (nSPS) is 23.6. The van der Waals surface area contributed by atoms with Gasteiger partial charge in [0.05, 0.1) is 25.5 Å². The number of rotatable bonds is 4. The van der Waals surface area contributed by atoms with E-state index in [0.29, 0.717) is 12.0 Å². The third-order valence-corrected chi connectivity index (χ3v) is 5.35. The molecule has 4 rings (SSSR count). The largest absolute Gasteiger partial charge is 0.490 e. The Labute approximate surface area is 191 Å². The van der Waals surface area contributed by atoms with Crippen molar-refractivity contribution in [2.45, 2.75) is 37.8 Å². The van der Waals surface area contributed by atoms with E-state index in [-0.39, 0.29) is 0 Å². The molecule has 0 radical (unpaired) electrons. The number of hydrogen-bond acceptors (Lipinski definition) is 6. The van der Waals surface area contributed by atoms with Gasteiger partial charge >= 0.3 is 24.3 Å². The van der Waals surface area contributed by atoms with Crippen molar-refractivity contribution in [3.8, 4) is 0 Å². The SMILES string of the molecule is O=C(O)C(F)(F)F.O=C(O)C(F)(F)F.c1coc(CN2CCO[C@@H]3CN(CC4CC4)C[C@@H]3C2)c1. The summed E-state index contributed by atoms with van der Waals surface area (Å²) in [6, 6.07) is 4.04. The van der Waals surface area contributed by atoms with Crippen LogP contribution >= 0.6 is 0 Å². The van der Waals surface area contributed by atoms with Gasteiger partial charge in [0.2, 0.25) is 0 Å². The lowest BCUT2D eigenvalue weighted by molar-refractivity contribution is -0.193. The molecule has 0 spiro atoms. The standard InChI is InChI=1S/C16H24N2O2.2C2HF3O2/c1-2-15(19-6-1)11-17-5-7-20-16-12-18(8-13-3-4-13)10-14(16)9-17;2*3-2(4,5)1(6)7/h1-2,6,13-14,16H,3-5,7-12H2;2*(H,6,7)/t14-,16+;;/m0../s1. The Hall–Kier alpha value is -2.32. The number of fused-ring (bicyclic) bond motifs is 1. The molecule has 1 saturated carbocycles. The second kappa shape index (κ2) is 11.9. The second-order valence-corrected chi connectivity index (χ2v) is 8.25.